The van der Waals surface area contributed by atoms with Gasteiger partial charge in [-0.25, -0.2) is 9.18 Å². The summed E-state index contributed by atoms with van der Waals surface area (Å²) in [5.41, 5.74) is -2.31. The van der Waals surface area contributed by atoms with Gasteiger partial charge in [0.25, 0.3) is 0 Å². The standard InChI is InChI=1S/C21H30F4O2/c1-3-5-7-8-10-13-16(12-9-6-4-2)27-20(26)19-17(21(23,24)25)14-11-15-18(19)22/h11,14-16H,3-10,12-13H2,1-2H3. The Bertz CT molecular complexity index is 570. The number of ether oxygens (including phenoxy) is 1. The molecule has 154 valence electrons. The fourth-order valence-corrected chi connectivity index (χ4v) is 3.04. The molecule has 0 aromatic heterocycles. The van der Waals surface area contributed by atoms with Gasteiger partial charge in [-0.1, -0.05) is 58.4 Å². The minimum Gasteiger partial charge on any atom is -0.459 e. The van der Waals surface area contributed by atoms with Crippen LogP contribution in [0.25, 0.3) is 0 Å². The van der Waals surface area contributed by atoms with Crippen molar-refractivity contribution in [1.82, 2.24) is 0 Å². The SMILES string of the molecule is CCCCCCCC(CCCCC)OC(=O)c1c(F)cccc1C(F)(F)F. The van der Waals surface area contributed by atoms with Crippen LogP contribution in [-0.4, -0.2) is 12.1 Å². The van der Waals surface area contributed by atoms with Crippen LogP contribution in [0.15, 0.2) is 18.2 Å². The van der Waals surface area contributed by atoms with E-state index in [-0.39, 0.29) is 0 Å². The molecule has 27 heavy (non-hydrogen) atoms. The van der Waals surface area contributed by atoms with Gasteiger partial charge in [-0.2, -0.15) is 13.2 Å². The summed E-state index contributed by atoms with van der Waals surface area (Å²) in [6.07, 6.45) is 3.81. The Labute approximate surface area is 159 Å². The topological polar surface area (TPSA) is 26.3 Å². The van der Waals surface area contributed by atoms with Gasteiger partial charge in [-0.05, 0) is 37.8 Å². The highest BCUT2D eigenvalue weighted by atomic mass is 19.4. The molecule has 0 amide bonds. The molecule has 0 saturated carbocycles. The Morgan fingerprint density at radius 2 is 1.52 bits per heavy atom. The summed E-state index contributed by atoms with van der Waals surface area (Å²) in [6.45, 7) is 4.16. The van der Waals surface area contributed by atoms with E-state index in [0.29, 0.717) is 18.9 Å². The average Bonchev–Trinajstić information content (AvgIpc) is 2.60. The molecule has 0 spiro atoms. The molecule has 0 saturated heterocycles. The van der Waals surface area contributed by atoms with Crippen molar-refractivity contribution in [1.29, 1.82) is 0 Å². The fourth-order valence-electron chi connectivity index (χ4n) is 3.04. The van der Waals surface area contributed by atoms with Crippen LogP contribution in [0.2, 0.25) is 0 Å². The van der Waals surface area contributed by atoms with Crippen molar-refractivity contribution in [3.63, 3.8) is 0 Å². The van der Waals surface area contributed by atoms with Gasteiger partial charge in [-0.15, -0.1) is 0 Å². The van der Waals surface area contributed by atoms with Crippen LogP contribution >= 0.6 is 0 Å². The zero-order valence-electron chi connectivity index (χ0n) is 16.2. The maximum Gasteiger partial charge on any atom is 0.417 e. The number of halogens is 4. The summed E-state index contributed by atoms with van der Waals surface area (Å²) in [5, 5.41) is 0. The molecule has 1 aromatic carbocycles. The molecule has 0 radical (unpaired) electrons. The number of carbonyl (C=O) groups is 1. The smallest absolute Gasteiger partial charge is 0.417 e. The van der Waals surface area contributed by atoms with Crippen LogP contribution in [0.3, 0.4) is 0 Å². The van der Waals surface area contributed by atoms with E-state index >= 15 is 0 Å². The number of esters is 1. The summed E-state index contributed by atoms with van der Waals surface area (Å²) in [4.78, 5) is 12.3. The maximum absolute atomic E-state index is 14.0. The quantitative estimate of drug-likeness (QED) is 0.212. The van der Waals surface area contributed by atoms with Gasteiger partial charge in [0.05, 0.1) is 5.56 Å². The highest BCUT2D eigenvalue weighted by Gasteiger charge is 2.37. The third-order valence-corrected chi connectivity index (χ3v) is 4.56. The summed E-state index contributed by atoms with van der Waals surface area (Å²) in [6, 6.07) is 2.50. The fraction of sp³-hybridized carbons (Fsp3) is 0.667. The first kappa shape index (κ1) is 23.4. The van der Waals surface area contributed by atoms with E-state index in [2.05, 4.69) is 6.92 Å². The number of unbranched alkanes of at least 4 members (excludes halogenated alkanes) is 6. The van der Waals surface area contributed by atoms with Crippen molar-refractivity contribution in [3.05, 3.63) is 35.1 Å². The van der Waals surface area contributed by atoms with E-state index in [0.717, 1.165) is 63.5 Å². The molecule has 0 N–H and O–H groups in total. The van der Waals surface area contributed by atoms with Gasteiger partial charge < -0.3 is 4.74 Å². The van der Waals surface area contributed by atoms with E-state index in [9.17, 15) is 22.4 Å². The van der Waals surface area contributed by atoms with E-state index in [1.807, 2.05) is 6.92 Å². The van der Waals surface area contributed by atoms with E-state index < -0.39 is 35.2 Å². The molecule has 0 bridgehead atoms. The van der Waals surface area contributed by atoms with Crippen LogP contribution < -0.4 is 0 Å². The van der Waals surface area contributed by atoms with Crippen molar-refractivity contribution < 1.29 is 27.1 Å². The molecule has 0 fully saturated rings. The van der Waals surface area contributed by atoms with E-state index in [1.54, 1.807) is 0 Å². The lowest BCUT2D eigenvalue weighted by Crippen LogP contribution is -2.22. The summed E-state index contributed by atoms with van der Waals surface area (Å²) < 4.78 is 58.7. The Morgan fingerprint density at radius 1 is 0.963 bits per heavy atom. The van der Waals surface area contributed by atoms with Crippen molar-refractivity contribution in [3.8, 4) is 0 Å². The summed E-state index contributed by atoms with van der Waals surface area (Å²) >= 11 is 0. The molecular weight excluding hydrogens is 360 g/mol. The maximum atomic E-state index is 14.0. The number of hydrogen-bond donors (Lipinski definition) is 0. The normalized spacial score (nSPS) is 12.8. The lowest BCUT2D eigenvalue weighted by molar-refractivity contribution is -0.138. The number of hydrogen-bond acceptors (Lipinski definition) is 2. The lowest BCUT2D eigenvalue weighted by atomic mass is 10.0. The predicted octanol–water partition coefficient (Wildman–Crippen LogP) is 7.31. The second kappa shape index (κ2) is 12.0. The second-order valence-corrected chi connectivity index (χ2v) is 6.89. The van der Waals surface area contributed by atoms with Crippen LogP contribution in [0, 0.1) is 5.82 Å². The molecule has 0 aliphatic carbocycles. The van der Waals surface area contributed by atoms with E-state index in [1.165, 1.54) is 0 Å². The van der Waals surface area contributed by atoms with Crippen molar-refractivity contribution >= 4 is 5.97 Å². The van der Waals surface area contributed by atoms with Crippen molar-refractivity contribution in [2.75, 3.05) is 0 Å². The van der Waals surface area contributed by atoms with Crippen LogP contribution in [0.5, 0.6) is 0 Å². The first-order valence-electron chi connectivity index (χ1n) is 9.87. The Hall–Kier alpha value is -1.59. The first-order valence-corrected chi connectivity index (χ1v) is 9.87. The predicted molar refractivity (Wildman–Crippen MR) is 98.1 cm³/mol. The van der Waals surface area contributed by atoms with Crippen LogP contribution in [0.4, 0.5) is 17.6 Å². The largest absolute Gasteiger partial charge is 0.459 e. The van der Waals surface area contributed by atoms with Crippen LogP contribution in [0.1, 0.15) is 94.0 Å². The second-order valence-electron chi connectivity index (χ2n) is 6.89. The number of alkyl halides is 3. The third-order valence-electron chi connectivity index (χ3n) is 4.56. The van der Waals surface area contributed by atoms with Gasteiger partial charge in [0, 0.05) is 0 Å². The average molecular weight is 390 g/mol. The van der Waals surface area contributed by atoms with Gasteiger partial charge in [0.1, 0.15) is 17.5 Å². The molecule has 2 nitrogen and oxygen atoms in total. The highest BCUT2D eigenvalue weighted by Crippen LogP contribution is 2.33. The number of benzene rings is 1. The zero-order chi connectivity index (χ0) is 20.3. The summed E-state index contributed by atoms with van der Waals surface area (Å²) in [7, 11) is 0. The molecule has 1 aromatic rings. The molecule has 0 aliphatic heterocycles. The molecule has 6 heteroatoms. The highest BCUT2D eigenvalue weighted by molar-refractivity contribution is 5.91. The molecule has 0 heterocycles. The van der Waals surface area contributed by atoms with Gasteiger partial charge in [0.15, 0.2) is 0 Å². The minimum atomic E-state index is -4.81. The molecular formula is C21H30F4O2. The zero-order valence-corrected chi connectivity index (χ0v) is 16.2. The van der Waals surface area contributed by atoms with Gasteiger partial charge in [-0.3, -0.25) is 0 Å². The number of rotatable bonds is 12. The Balaban J connectivity index is 2.82. The van der Waals surface area contributed by atoms with Gasteiger partial charge >= 0.3 is 12.1 Å². The molecule has 1 atom stereocenters. The number of carbonyl (C=O) groups excluding carboxylic acids is 1. The van der Waals surface area contributed by atoms with Crippen molar-refractivity contribution in [2.24, 2.45) is 0 Å². The molecule has 0 aliphatic rings. The summed E-state index contributed by atoms with van der Waals surface area (Å²) in [5.74, 6) is -2.43. The van der Waals surface area contributed by atoms with E-state index in [4.69, 9.17) is 4.74 Å². The Kier molecular flexibility index (Phi) is 10.4. The van der Waals surface area contributed by atoms with Crippen LogP contribution in [-0.2, 0) is 10.9 Å². The first-order chi connectivity index (χ1) is 12.8. The molecule has 1 rings (SSSR count). The third kappa shape index (κ3) is 8.31. The minimum absolute atomic E-state index is 0.480. The Morgan fingerprint density at radius 3 is 2.11 bits per heavy atom. The van der Waals surface area contributed by atoms with Crippen molar-refractivity contribution in [2.45, 2.75) is 90.3 Å². The molecule has 1 unspecified atom stereocenters. The monoisotopic (exact) mass is 390 g/mol. The lowest BCUT2D eigenvalue weighted by Gasteiger charge is -2.20. The van der Waals surface area contributed by atoms with Gasteiger partial charge in [0.2, 0.25) is 0 Å².